The molecular formula is C16H21Cl. The number of hydrogen-bond acceptors (Lipinski definition) is 0. The molecule has 1 aliphatic carbocycles. The monoisotopic (exact) mass is 248 g/mol. The number of rotatable bonds is 1. The van der Waals surface area contributed by atoms with E-state index >= 15 is 0 Å². The van der Waals surface area contributed by atoms with E-state index in [0.29, 0.717) is 0 Å². The van der Waals surface area contributed by atoms with Gasteiger partial charge in [-0.15, -0.1) is 0 Å². The second-order valence-electron chi connectivity index (χ2n) is 5.79. The molecule has 0 aliphatic heterocycles. The molecule has 0 fully saturated rings. The Morgan fingerprint density at radius 1 is 1.24 bits per heavy atom. The Bertz CT molecular complexity index is 436. The fraction of sp³-hybridized carbons (Fsp3) is 0.500. The Morgan fingerprint density at radius 3 is 2.35 bits per heavy atom. The van der Waals surface area contributed by atoms with Crippen molar-refractivity contribution in [2.45, 2.75) is 46.0 Å². The van der Waals surface area contributed by atoms with Crippen molar-refractivity contribution >= 4 is 11.6 Å². The van der Waals surface area contributed by atoms with Crippen LogP contribution in [0.2, 0.25) is 5.02 Å². The number of aryl methyl sites for hydroxylation is 2. The van der Waals surface area contributed by atoms with Crippen LogP contribution >= 0.6 is 11.6 Å². The van der Waals surface area contributed by atoms with Crippen LogP contribution in [0.3, 0.4) is 0 Å². The van der Waals surface area contributed by atoms with Crippen LogP contribution in [0.1, 0.15) is 43.4 Å². The van der Waals surface area contributed by atoms with Crippen LogP contribution in [-0.2, 0) is 5.41 Å². The first-order chi connectivity index (χ1) is 7.92. The van der Waals surface area contributed by atoms with E-state index in [0.717, 1.165) is 10.9 Å². The van der Waals surface area contributed by atoms with Crippen molar-refractivity contribution in [3.8, 4) is 0 Å². The Kier molecular flexibility index (Phi) is 3.36. The van der Waals surface area contributed by atoms with Gasteiger partial charge in [0.25, 0.3) is 0 Å². The Hall–Kier alpha value is -0.750. The summed E-state index contributed by atoms with van der Waals surface area (Å²) in [7, 11) is 0. The summed E-state index contributed by atoms with van der Waals surface area (Å²) in [5.74, 6) is 0.765. The molecule has 0 aromatic heterocycles. The third kappa shape index (κ3) is 2.42. The number of allylic oxidation sites excluding steroid dienone is 2. The van der Waals surface area contributed by atoms with E-state index < -0.39 is 0 Å². The quantitative estimate of drug-likeness (QED) is 0.599. The van der Waals surface area contributed by atoms with E-state index in [1.165, 1.54) is 29.5 Å². The predicted molar refractivity (Wildman–Crippen MR) is 75.8 cm³/mol. The van der Waals surface area contributed by atoms with Crippen molar-refractivity contribution in [2.75, 3.05) is 0 Å². The third-order valence-corrected chi connectivity index (χ3v) is 4.49. The molecule has 0 nitrogen and oxygen atoms in total. The standard InChI is InChI=1S/C16H21Cl/c1-11-6-5-7-16(4,10-11)14-8-12(2)15(17)13(3)9-14/h5,7-9,11H,6,10H2,1-4H3. The average Bonchev–Trinajstić information content (AvgIpc) is 2.25. The van der Waals surface area contributed by atoms with E-state index in [-0.39, 0.29) is 5.41 Å². The second kappa shape index (κ2) is 4.49. The van der Waals surface area contributed by atoms with Gasteiger partial charge in [0.05, 0.1) is 0 Å². The lowest BCUT2D eigenvalue weighted by atomic mass is 9.71. The van der Waals surface area contributed by atoms with E-state index in [2.05, 4.69) is 52.0 Å². The summed E-state index contributed by atoms with van der Waals surface area (Å²) in [6.45, 7) is 8.86. The maximum atomic E-state index is 6.24. The largest absolute Gasteiger partial charge is 0.0874 e. The minimum absolute atomic E-state index is 0.178. The van der Waals surface area contributed by atoms with E-state index in [1.807, 2.05) is 0 Å². The molecule has 2 rings (SSSR count). The smallest absolute Gasteiger partial charge is 0.0464 e. The van der Waals surface area contributed by atoms with Crippen molar-refractivity contribution in [3.05, 3.63) is 46.0 Å². The highest BCUT2D eigenvalue weighted by atomic mass is 35.5. The first-order valence-electron chi connectivity index (χ1n) is 6.37. The number of hydrogen-bond donors (Lipinski definition) is 0. The highest BCUT2D eigenvalue weighted by Crippen LogP contribution is 2.39. The molecule has 0 saturated carbocycles. The summed E-state index contributed by atoms with van der Waals surface area (Å²) in [5, 5.41) is 0.908. The molecule has 0 N–H and O–H groups in total. The fourth-order valence-corrected chi connectivity index (χ4v) is 3.03. The predicted octanol–water partition coefficient (Wildman–Crippen LogP) is 5.20. The Balaban J connectivity index is 2.46. The van der Waals surface area contributed by atoms with Gasteiger partial charge in [-0.05, 0) is 49.3 Å². The lowest BCUT2D eigenvalue weighted by Gasteiger charge is -2.33. The Morgan fingerprint density at radius 2 is 1.82 bits per heavy atom. The summed E-state index contributed by atoms with van der Waals surface area (Å²) >= 11 is 6.24. The fourth-order valence-electron chi connectivity index (χ4n) is 2.93. The van der Waals surface area contributed by atoms with Crippen LogP contribution < -0.4 is 0 Å². The summed E-state index contributed by atoms with van der Waals surface area (Å²) < 4.78 is 0. The van der Waals surface area contributed by atoms with Crippen LogP contribution in [0.4, 0.5) is 0 Å². The van der Waals surface area contributed by atoms with Crippen molar-refractivity contribution in [2.24, 2.45) is 5.92 Å². The van der Waals surface area contributed by atoms with E-state index in [1.54, 1.807) is 0 Å². The average molecular weight is 249 g/mol. The van der Waals surface area contributed by atoms with E-state index in [9.17, 15) is 0 Å². The normalized spacial score (nSPS) is 28.4. The van der Waals surface area contributed by atoms with Crippen molar-refractivity contribution in [1.82, 2.24) is 0 Å². The molecule has 0 amide bonds. The van der Waals surface area contributed by atoms with Crippen molar-refractivity contribution < 1.29 is 0 Å². The molecule has 2 atom stereocenters. The van der Waals surface area contributed by atoms with Gasteiger partial charge in [-0.2, -0.15) is 0 Å². The molecule has 0 heterocycles. The third-order valence-electron chi connectivity index (χ3n) is 3.89. The summed E-state index contributed by atoms with van der Waals surface area (Å²) in [6.07, 6.45) is 7.13. The summed E-state index contributed by atoms with van der Waals surface area (Å²) in [4.78, 5) is 0. The first kappa shape index (κ1) is 12.7. The van der Waals surface area contributed by atoms with Gasteiger partial charge in [0, 0.05) is 10.4 Å². The van der Waals surface area contributed by atoms with Gasteiger partial charge < -0.3 is 0 Å². The van der Waals surface area contributed by atoms with Crippen LogP contribution in [0.25, 0.3) is 0 Å². The zero-order valence-corrected chi connectivity index (χ0v) is 11.9. The van der Waals surface area contributed by atoms with Crippen LogP contribution in [0, 0.1) is 19.8 Å². The van der Waals surface area contributed by atoms with Crippen LogP contribution in [0.15, 0.2) is 24.3 Å². The van der Waals surface area contributed by atoms with Gasteiger partial charge in [0.15, 0.2) is 0 Å². The van der Waals surface area contributed by atoms with Crippen molar-refractivity contribution in [1.29, 1.82) is 0 Å². The van der Waals surface area contributed by atoms with Gasteiger partial charge in [-0.25, -0.2) is 0 Å². The molecule has 92 valence electrons. The molecule has 1 heteroatoms. The maximum absolute atomic E-state index is 6.24. The molecule has 0 spiro atoms. The molecule has 0 saturated heterocycles. The van der Waals surface area contributed by atoms with E-state index in [4.69, 9.17) is 11.6 Å². The van der Waals surface area contributed by atoms with Crippen LogP contribution in [-0.4, -0.2) is 0 Å². The minimum atomic E-state index is 0.178. The zero-order valence-electron chi connectivity index (χ0n) is 11.2. The van der Waals surface area contributed by atoms with Crippen molar-refractivity contribution in [3.63, 3.8) is 0 Å². The highest BCUT2D eigenvalue weighted by molar-refractivity contribution is 6.32. The molecule has 2 unspecified atom stereocenters. The number of benzene rings is 1. The lowest BCUT2D eigenvalue weighted by Crippen LogP contribution is -2.25. The number of halogens is 1. The minimum Gasteiger partial charge on any atom is -0.0874 e. The van der Waals surface area contributed by atoms with Gasteiger partial charge >= 0.3 is 0 Å². The van der Waals surface area contributed by atoms with Gasteiger partial charge in [-0.1, -0.05) is 49.7 Å². The molecule has 0 radical (unpaired) electrons. The molecule has 17 heavy (non-hydrogen) atoms. The maximum Gasteiger partial charge on any atom is 0.0464 e. The summed E-state index contributed by atoms with van der Waals surface area (Å²) in [6, 6.07) is 4.50. The SMILES string of the molecule is Cc1cc(C2(C)C=CCC(C)C2)cc(C)c1Cl. The second-order valence-corrected chi connectivity index (χ2v) is 6.17. The molecule has 1 aromatic rings. The topological polar surface area (TPSA) is 0 Å². The van der Waals surface area contributed by atoms with Gasteiger partial charge in [0.1, 0.15) is 0 Å². The molecule has 1 aliphatic rings. The molecular weight excluding hydrogens is 228 g/mol. The van der Waals surface area contributed by atoms with Gasteiger partial charge in [0.2, 0.25) is 0 Å². The molecule has 1 aromatic carbocycles. The van der Waals surface area contributed by atoms with Gasteiger partial charge in [-0.3, -0.25) is 0 Å². The van der Waals surface area contributed by atoms with Crippen LogP contribution in [0.5, 0.6) is 0 Å². The zero-order chi connectivity index (χ0) is 12.6. The summed E-state index contributed by atoms with van der Waals surface area (Å²) in [5.41, 5.74) is 3.96. The lowest BCUT2D eigenvalue weighted by molar-refractivity contribution is 0.396. The first-order valence-corrected chi connectivity index (χ1v) is 6.75. The highest BCUT2D eigenvalue weighted by Gasteiger charge is 2.29. The molecule has 0 bridgehead atoms. The Labute approximate surface area is 110 Å².